The summed E-state index contributed by atoms with van der Waals surface area (Å²) in [6.45, 7) is 3.21. The molecule has 0 bridgehead atoms. The minimum Gasteiger partial charge on any atom is -0.502 e. The summed E-state index contributed by atoms with van der Waals surface area (Å²) in [5, 5.41) is 9.96. The van der Waals surface area contributed by atoms with Crippen LogP contribution in [0.2, 0.25) is 0 Å². The normalized spacial score (nSPS) is 16.8. The van der Waals surface area contributed by atoms with Gasteiger partial charge in [-0.1, -0.05) is 17.7 Å². The van der Waals surface area contributed by atoms with Crippen LogP contribution >= 0.6 is 0 Å². The van der Waals surface area contributed by atoms with Gasteiger partial charge in [-0.15, -0.1) is 0 Å². The SMILES string of the molecule is CCO/C=C/[C@@](O)(CS(=O)c1ccc(C)cc1)C(F)(F)C(F)(F)F. The first kappa shape index (κ1) is 20.6. The number of hydrogen-bond donors (Lipinski definition) is 1. The van der Waals surface area contributed by atoms with Gasteiger partial charge in [-0.05, 0) is 32.1 Å². The van der Waals surface area contributed by atoms with Crippen LogP contribution in [0.3, 0.4) is 0 Å². The Balaban J connectivity index is 3.18. The highest BCUT2D eigenvalue weighted by molar-refractivity contribution is 7.85. The van der Waals surface area contributed by atoms with E-state index in [0.29, 0.717) is 6.26 Å². The summed E-state index contributed by atoms with van der Waals surface area (Å²) < 4.78 is 82.2. The van der Waals surface area contributed by atoms with E-state index in [0.717, 1.165) is 5.56 Å². The fourth-order valence-electron chi connectivity index (χ4n) is 1.72. The van der Waals surface area contributed by atoms with Crippen molar-refractivity contribution in [2.45, 2.75) is 36.4 Å². The molecule has 0 spiro atoms. The van der Waals surface area contributed by atoms with Gasteiger partial charge in [-0.3, -0.25) is 4.21 Å². The molecular formula is C15H17F5O3S. The standard InChI is InChI=1S/C15H17F5O3S/c1-3-23-9-8-13(21,14(16,17)15(18,19)20)10-24(22)12-6-4-11(2)5-7-12/h4-9,21H,3,10H2,1-2H3/b9-8+/t13-,24?/m1/s1. The first-order chi connectivity index (χ1) is 10.9. The van der Waals surface area contributed by atoms with Crippen LogP contribution in [0.15, 0.2) is 41.5 Å². The molecule has 2 atom stereocenters. The minimum atomic E-state index is -6.02. The van der Waals surface area contributed by atoms with E-state index in [1.165, 1.54) is 31.2 Å². The molecule has 1 N–H and O–H groups in total. The zero-order valence-corrected chi connectivity index (χ0v) is 13.8. The molecule has 136 valence electrons. The largest absolute Gasteiger partial charge is 0.502 e. The fourth-order valence-corrected chi connectivity index (χ4v) is 3.00. The maximum atomic E-state index is 13.7. The van der Waals surface area contributed by atoms with E-state index in [1.807, 2.05) is 0 Å². The summed E-state index contributed by atoms with van der Waals surface area (Å²) >= 11 is 0. The van der Waals surface area contributed by atoms with Crippen molar-refractivity contribution in [3.8, 4) is 0 Å². The van der Waals surface area contributed by atoms with Gasteiger partial charge in [0.15, 0.2) is 5.60 Å². The van der Waals surface area contributed by atoms with Gasteiger partial charge in [0, 0.05) is 4.90 Å². The number of benzene rings is 1. The predicted octanol–water partition coefficient (Wildman–Crippen LogP) is 3.58. The zero-order chi connectivity index (χ0) is 18.6. The van der Waals surface area contributed by atoms with Crippen LogP contribution in [0.25, 0.3) is 0 Å². The second kappa shape index (κ2) is 7.60. The van der Waals surface area contributed by atoms with Gasteiger partial charge >= 0.3 is 12.1 Å². The minimum absolute atomic E-state index is 0.00518. The molecule has 0 saturated heterocycles. The topological polar surface area (TPSA) is 46.5 Å². The summed E-state index contributed by atoms with van der Waals surface area (Å²) in [7, 11) is -2.28. The number of alkyl halides is 5. The maximum absolute atomic E-state index is 13.7. The van der Waals surface area contributed by atoms with Crippen LogP contribution in [0.1, 0.15) is 12.5 Å². The van der Waals surface area contributed by atoms with Crippen LogP contribution in [-0.2, 0) is 15.5 Å². The molecule has 0 amide bonds. The first-order valence-electron chi connectivity index (χ1n) is 6.86. The van der Waals surface area contributed by atoms with Gasteiger partial charge in [0.05, 0.1) is 29.4 Å². The summed E-state index contributed by atoms with van der Waals surface area (Å²) in [5.74, 6) is -6.85. The molecule has 1 aromatic rings. The van der Waals surface area contributed by atoms with Gasteiger partial charge in [-0.2, -0.15) is 22.0 Å². The third kappa shape index (κ3) is 4.54. The molecule has 1 rings (SSSR count). The Morgan fingerprint density at radius 1 is 1.17 bits per heavy atom. The quantitative estimate of drug-likeness (QED) is 0.588. The number of hydrogen-bond acceptors (Lipinski definition) is 3. The van der Waals surface area contributed by atoms with Gasteiger partial charge in [0.25, 0.3) is 0 Å². The van der Waals surface area contributed by atoms with E-state index >= 15 is 0 Å². The van der Waals surface area contributed by atoms with E-state index in [-0.39, 0.29) is 17.6 Å². The van der Waals surface area contributed by atoms with Crippen molar-refractivity contribution in [1.82, 2.24) is 0 Å². The average Bonchev–Trinajstić information content (AvgIpc) is 2.46. The van der Waals surface area contributed by atoms with Crippen molar-refractivity contribution in [2.24, 2.45) is 0 Å². The highest BCUT2D eigenvalue weighted by Gasteiger charge is 2.69. The van der Waals surface area contributed by atoms with E-state index < -0.39 is 34.3 Å². The smallest absolute Gasteiger partial charge is 0.456 e. The maximum Gasteiger partial charge on any atom is 0.456 e. The van der Waals surface area contributed by atoms with Crippen molar-refractivity contribution >= 4 is 10.8 Å². The summed E-state index contributed by atoms with van der Waals surface area (Å²) in [4.78, 5) is 0.0295. The second-order valence-corrected chi connectivity index (χ2v) is 6.51. The van der Waals surface area contributed by atoms with Gasteiger partial charge < -0.3 is 9.84 Å². The number of aryl methyl sites for hydroxylation is 1. The lowest BCUT2D eigenvalue weighted by molar-refractivity contribution is -0.326. The summed E-state index contributed by atoms with van der Waals surface area (Å²) in [6, 6.07) is 5.74. The highest BCUT2D eigenvalue weighted by Crippen LogP contribution is 2.45. The molecule has 0 aromatic heterocycles. The summed E-state index contributed by atoms with van der Waals surface area (Å²) in [6.07, 6.45) is -5.28. The lowest BCUT2D eigenvalue weighted by atomic mass is 9.97. The number of ether oxygens (including phenoxy) is 1. The van der Waals surface area contributed by atoms with Crippen LogP contribution < -0.4 is 0 Å². The van der Waals surface area contributed by atoms with Crippen molar-refractivity contribution in [3.63, 3.8) is 0 Å². The van der Waals surface area contributed by atoms with Gasteiger partial charge in [0.1, 0.15) is 0 Å². The zero-order valence-electron chi connectivity index (χ0n) is 12.9. The van der Waals surface area contributed by atoms with Gasteiger partial charge in [-0.25, -0.2) is 0 Å². The van der Waals surface area contributed by atoms with E-state index in [2.05, 4.69) is 4.74 Å². The lowest BCUT2D eigenvalue weighted by Gasteiger charge is -2.34. The third-order valence-corrected chi connectivity index (χ3v) is 4.64. The molecule has 0 saturated carbocycles. The molecule has 0 aliphatic heterocycles. The van der Waals surface area contributed by atoms with Crippen LogP contribution in [0.5, 0.6) is 0 Å². The Hall–Kier alpha value is -1.48. The van der Waals surface area contributed by atoms with Crippen molar-refractivity contribution < 1.29 is 36.0 Å². The molecule has 1 aromatic carbocycles. The van der Waals surface area contributed by atoms with Crippen molar-refractivity contribution in [3.05, 3.63) is 42.2 Å². The Bertz CT molecular complexity index is 598. The average molecular weight is 372 g/mol. The highest BCUT2D eigenvalue weighted by atomic mass is 32.2. The summed E-state index contributed by atoms with van der Waals surface area (Å²) in [5.41, 5.74) is -2.92. The number of rotatable bonds is 7. The van der Waals surface area contributed by atoms with Crippen LogP contribution in [0, 0.1) is 6.92 Å². The molecule has 0 aliphatic rings. The predicted molar refractivity (Wildman–Crippen MR) is 79.2 cm³/mol. The second-order valence-electron chi connectivity index (χ2n) is 5.06. The molecule has 0 fully saturated rings. The molecule has 1 unspecified atom stereocenters. The molecule has 9 heteroatoms. The Morgan fingerprint density at radius 2 is 1.71 bits per heavy atom. The third-order valence-electron chi connectivity index (χ3n) is 3.14. The fraction of sp³-hybridized carbons (Fsp3) is 0.467. The Labute approximate surface area is 138 Å². The number of aliphatic hydroxyl groups is 1. The Kier molecular flexibility index (Phi) is 6.52. The molecule has 0 heterocycles. The lowest BCUT2D eigenvalue weighted by Crippen LogP contribution is -2.58. The first-order valence-corrected chi connectivity index (χ1v) is 8.18. The van der Waals surface area contributed by atoms with Crippen molar-refractivity contribution in [2.75, 3.05) is 12.4 Å². The van der Waals surface area contributed by atoms with Crippen LogP contribution in [0.4, 0.5) is 22.0 Å². The van der Waals surface area contributed by atoms with Gasteiger partial charge in [0.2, 0.25) is 0 Å². The molecule has 3 nitrogen and oxygen atoms in total. The number of halogens is 5. The monoisotopic (exact) mass is 372 g/mol. The van der Waals surface area contributed by atoms with Crippen molar-refractivity contribution in [1.29, 1.82) is 0 Å². The molecule has 24 heavy (non-hydrogen) atoms. The van der Waals surface area contributed by atoms with E-state index in [1.54, 1.807) is 6.92 Å². The Morgan fingerprint density at radius 3 is 2.17 bits per heavy atom. The van der Waals surface area contributed by atoms with Crippen LogP contribution in [-0.4, -0.2) is 39.4 Å². The molecule has 0 aliphatic carbocycles. The molecule has 0 radical (unpaired) electrons. The van der Waals surface area contributed by atoms with E-state index in [9.17, 15) is 31.3 Å². The van der Waals surface area contributed by atoms with E-state index in [4.69, 9.17) is 0 Å². The molecular weight excluding hydrogens is 355 g/mol.